The van der Waals surface area contributed by atoms with Crippen LogP contribution in [0.15, 0.2) is 24.4 Å². The molecule has 4 nitrogen and oxygen atoms in total. The summed E-state index contributed by atoms with van der Waals surface area (Å²) in [4.78, 5) is 5.63. The number of nitrogens with zero attached hydrogens (tertiary/aromatic N) is 1. The van der Waals surface area contributed by atoms with Crippen LogP contribution in [-0.4, -0.2) is 49.3 Å². The van der Waals surface area contributed by atoms with E-state index < -0.39 is 6.61 Å². The van der Waals surface area contributed by atoms with Crippen LogP contribution >= 0.6 is 0 Å². The minimum atomic E-state index is -2.66. The van der Waals surface area contributed by atoms with E-state index in [1.165, 1.54) is 10.9 Å². The van der Waals surface area contributed by atoms with Gasteiger partial charge in [-0.1, -0.05) is 0 Å². The molecule has 0 radical (unpaired) electrons. The van der Waals surface area contributed by atoms with E-state index >= 15 is 0 Å². The molecule has 6 heteroatoms. The van der Waals surface area contributed by atoms with E-state index in [0.717, 1.165) is 43.7 Å². The van der Waals surface area contributed by atoms with Gasteiger partial charge < -0.3 is 19.4 Å². The molecule has 1 aliphatic rings. The fourth-order valence-corrected chi connectivity index (χ4v) is 3.40. The van der Waals surface area contributed by atoms with Crippen molar-refractivity contribution in [2.45, 2.75) is 38.4 Å². The average Bonchev–Trinajstić information content (AvgIpc) is 2.84. The summed E-state index contributed by atoms with van der Waals surface area (Å²) in [5, 5.41) is 1.18. The van der Waals surface area contributed by atoms with E-state index in [4.69, 9.17) is 4.74 Å². The summed E-state index contributed by atoms with van der Waals surface area (Å²) < 4.78 is 34.7. The summed E-state index contributed by atoms with van der Waals surface area (Å²) in [5.41, 5.74) is 2.36. The molecule has 1 aliphatic heterocycles. The van der Waals surface area contributed by atoms with E-state index in [2.05, 4.69) is 20.7 Å². The summed E-state index contributed by atoms with van der Waals surface area (Å²) in [6.07, 6.45) is 4.95. The highest BCUT2D eigenvalue weighted by Crippen LogP contribution is 2.24. The maximum atomic E-state index is 12.3. The molecule has 132 valence electrons. The van der Waals surface area contributed by atoms with E-state index in [0.29, 0.717) is 12.8 Å². The molecule has 1 aromatic carbocycles. The van der Waals surface area contributed by atoms with Gasteiger partial charge in [0.1, 0.15) is 5.75 Å². The number of ether oxygens (including phenoxy) is 2. The lowest BCUT2D eigenvalue weighted by Crippen LogP contribution is -2.28. The second-order valence-electron chi connectivity index (χ2n) is 6.27. The largest absolute Gasteiger partial charge is 0.497 e. The molecule has 2 aromatic rings. The fourth-order valence-electron chi connectivity index (χ4n) is 3.40. The lowest BCUT2D eigenvalue weighted by Gasteiger charge is -2.20. The van der Waals surface area contributed by atoms with Crippen molar-refractivity contribution in [3.8, 4) is 5.75 Å². The van der Waals surface area contributed by atoms with Gasteiger partial charge in [-0.2, -0.15) is 8.78 Å². The molecule has 0 aliphatic carbocycles. The van der Waals surface area contributed by atoms with Crippen LogP contribution in [-0.2, 0) is 11.2 Å². The Morgan fingerprint density at radius 2 is 2.17 bits per heavy atom. The van der Waals surface area contributed by atoms with Gasteiger partial charge in [0.25, 0.3) is 0 Å². The van der Waals surface area contributed by atoms with Gasteiger partial charge in [0.15, 0.2) is 0 Å². The summed E-state index contributed by atoms with van der Waals surface area (Å²) in [5.74, 6) is 0.852. The van der Waals surface area contributed by atoms with Gasteiger partial charge in [0.05, 0.1) is 13.2 Å². The Morgan fingerprint density at radius 3 is 2.96 bits per heavy atom. The number of hydrogen-bond donors (Lipinski definition) is 1. The lowest BCUT2D eigenvalue weighted by molar-refractivity contribution is -0.164. The SMILES string of the molecule is COc1ccc2[nH]cc(CCN3CCC[C@H](OC(F)F)CC3)c2c1. The number of aromatic amines is 1. The number of aromatic nitrogens is 1. The maximum absolute atomic E-state index is 12.3. The summed E-state index contributed by atoms with van der Waals surface area (Å²) in [6.45, 7) is 0.00592. The first-order chi connectivity index (χ1) is 11.7. The minimum Gasteiger partial charge on any atom is -0.497 e. The molecule has 0 unspecified atom stereocenters. The molecule has 2 heterocycles. The molecular formula is C18H24F2N2O2. The highest BCUT2D eigenvalue weighted by atomic mass is 19.3. The predicted molar refractivity (Wildman–Crippen MR) is 89.7 cm³/mol. The minimum absolute atomic E-state index is 0.313. The molecular weight excluding hydrogens is 314 g/mol. The van der Waals surface area contributed by atoms with E-state index in [1.807, 2.05) is 18.3 Å². The molecule has 1 N–H and O–H groups in total. The number of likely N-dealkylation sites (tertiary alicyclic amines) is 1. The third-order valence-electron chi connectivity index (χ3n) is 4.74. The second-order valence-corrected chi connectivity index (χ2v) is 6.27. The maximum Gasteiger partial charge on any atom is 0.345 e. The molecule has 0 amide bonds. The molecule has 3 rings (SSSR count). The Labute approximate surface area is 140 Å². The Morgan fingerprint density at radius 1 is 1.29 bits per heavy atom. The number of nitrogens with one attached hydrogen (secondary N) is 1. The zero-order valence-electron chi connectivity index (χ0n) is 13.9. The molecule has 0 spiro atoms. The van der Waals surface area contributed by atoms with Crippen LogP contribution in [0, 0.1) is 0 Å². The van der Waals surface area contributed by atoms with E-state index in [1.54, 1.807) is 7.11 Å². The molecule has 1 saturated heterocycles. The summed E-state index contributed by atoms with van der Waals surface area (Å²) in [6, 6.07) is 6.02. The zero-order valence-corrected chi connectivity index (χ0v) is 13.9. The monoisotopic (exact) mass is 338 g/mol. The average molecular weight is 338 g/mol. The fraction of sp³-hybridized carbons (Fsp3) is 0.556. The van der Waals surface area contributed by atoms with Crippen molar-refractivity contribution in [3.63, 3.8) is 0 Å². The van der Waals surface area contributed by atoms with Gasteiger partial charge in [-0.05, 0) is 56.0 Å². The molecule has 24 heavy (non-hydrogen) atoms. The number of rotatable bonds is 6. The molecule has 1 atom stereocenters. The predicted octanol–water partition coefficient (Wildman–Crippen LogP) is 3.81. The first-order valence-electron chi connectivity index (χ1n) is 8.45. The number of benzene rings is 1. The van der Waals surface area contributed by atoms with Crippen LogP contribution in [0.2, 0.25) is 0 Å². The third kappa shape index (κ3) is 4.24. The van der Waals surface area contributed by atoms with Crippen LogP contribution in [0.1, 0.15) is 24.8 Å². The number of hydrogen-bond acceptors (Lipinski definition) is 3. The standard InChI is InChI=1S/C18H24F2N2O2/c1-23-15-4-5-17-16(11-15)13(12-21-17)6-9-22-8-2-3-14(7-10-22)24-18(19)20/h4-5,11-12,14,18,21H,2-3,6-10H2,1H3/t14-/m0/s1. The molecule has 0 bridgehead atoms. The van der Waals surface area contributed by atoms with Crippen LogP contribution in [0.4, 0.5) is 8.78 Å². The highest BCUT2D eigenvalue weighted by Gasteiger charge is 2.20. The smallest absolute Gasteiger partial charge is 0.345 e. The number of alkyl halides is 2. The van der Waals surface area contributed by atoms with Gasteiger partial charge in [0, 0.05) is 30.2 Å². The summed E-state index contributed by atoms with van der Waals surface area (Å²) in [7, 11) is 1.67. The Hall–Kier alpha value is -1.66. The Balaban J connectivity index is 1.58. The van der Waals surface area contributed by atoms with Crippen molar-refractivity contribution in [2.75, 3.05) is 26.7 Å². The summed E-state index contributed by atoms with van der Waals surface area (Å²) >= 11 is 0. The van der Waals surface area contributed by atoms with E-state index in [-0.39, 0.29) is 6.10 Å². The second kappa shape index (κ2) is 7.94. The first kappa shape index (κ1) is 17.2. The molecule has 0 saturated carbocycles. The van der Waals surface area contributed by atoms with Crippen LogP contribution < -0.4 is 4.74 Å². The number of H-pyrrole nitrogens is 1. The zero-order chi connectivity index (χ0) is 16.9. The van der Waals surface area contributed by atoms with Crippen LogP contribution in [0.5, 0.6) is 5.75 Å². The molecule has 1 fully saturated rings. The van der Waals surface area contributed by atoms with Crippen LogP contribution in [0.3, 0.4) is 0 Å². The first-order valence-corrected chi connectivity index (χ1v) is 8.45. The number of fused-ring (bicyclic) bond motifs is 1. The topological polar surface area (TPSA) is 37.5 Å². The number of methoxy groups -OCH3 is 1. The normalized spacial score (nSPS) is 19.8. The van der Waals surface area contributed by atoms with Crippen molar-refractivity contribution in [1.82, 2.24) is 9.88 Å². The van der Waals surface area contributed by atoms with Crippen molar-refractivity contribution in [2.24, 2.45) is 0 Å². The van der Waals surface area contributed by atoms with E-state index in [9.17, 15) is 8.78 Å². The Bertz CT molecular complexity index is 660. The van der Waals surface area contributed by atoms with Crippen molar-refractivity contribution >= 4 is 10.9 Å². The quantitative estimate of drug-likeness (QED) is 0.870. The lowest BCUT2D eigenvalue weighted by atomic mass is 10.1. The number of halogens is 2. The van der Waals surface area contributed by atoms with Gasteiger partial charge >= 0.3 is 6.61 Å². The molecule has 1 aromatic heterocycles. The Kier molecular flexibility index (Phi) is 5.68. The van der Waals surface area contributed by atoms with Crippen molar-refractivity contribution in [1.29, 1.82) is 0 Å². The third-order valence-corrected chi connectivity index (χ3v) is 4.74. The van der Waals surface area contributed by atoms with Gasteiger partial charge in [-0.3, -0.25) is 0 Å². The van der Waals surface area contributed by atoms with Gasteiger partial charge in [0.2, 0.25) is 0 Å². The van der Waals surface area contributed by atoms with Crippen molar-refractivity contribution in [3.05, 3.63) is 30.0 Å². The highest BCUT2D eigenvalue weighted by molar-refractivity contribution is 5.84. The van der Waals surface area contributed by atoms with Crippen molar-refractivity contribution < 1.29 is 18.3 Å². The van der Waals surface area contributed by atoms with Gasteiger partial charge in [-0.15, -0.1) is 0 Å². The van der Waals surface area contributed by atoms with Gasteiger partial charge in [-0.25, -0.2) is 0 Å². The van der Waals surface area contributed by atoms with Crippen LogP contribution in [0.25, 0.3) is 10.9 Å².